The first kappa shape index (κ1) is 23.1. The van der Waals surface area contributed by atoms with Crippen molar-refractivity contribution in [2.24, 2.45) is 0 Å². The van der Waals surface area contributed by atoms with Crippen LogP contribution >= 0.6 is 0 Å². The highest BCUT2D eigenvalue weighted by atomic mass is 16.6. The van der Waals surface area contributed by atoms with Gasteiger partial charge in [0.25, 0.3) is 11.6 Å². The van der Waals surface area contributed by atoms with Gasteiger partial charge in [0, 0.05) is 17.7 Å². The fourth-order valence-corrected chi connectivity index (χ4v) is 3.85. The predicted molar refractivity (Wildman–Crippen MR) is 120 cm³/mol. The van der Waals surface area contributed by atoms with Gasteiger partial charge in [-0.25, -0.2) is 4.79 Å². The van der Waals surface area contributed by atoms with Crippen molar-refractivity contribution in [1.29, 1.82) is 0 Å². The maximum atomic E-state index is 13.1. The topological polar surface area (TPSA) is 110 Å². The van der Waals surface area contributed by atoms with Crippen molar-refractivity contribution < 1.29 is 19.3 Å². The number of nitrogens with one attached hydrogen (secondary N) is 1. The molecule has 0 radical (unpaired) electrons. The molecule has 2 aromatic carbocycles. The number of carbonyl (C=O) groups excluding carboxylic acids is 3. The molecule has 1 aliphatic heterocycles. The molecule has 0 aliphatic carbocycles. The Hall–Kier alpha value is -3.55. The molecule has 1 saturated heterocycles. The minimum Gasteiger partial charge on any atom is -0.319 e. The van der Waals surface area contributed by atoms with E-state index in [0.717, 1.165) is 16.0 Å². The average Bonchev–Trinajstić information content (AvgIpc) is 2.97. The lowest BCUT2D eigenvalue weighted by atomic mass is 9.89. The lowest BCUT2D eigenvalue weighted by Gasteiger charge is -2.22. The third-order valence-electron chi connectivity index (χ3n) is 5.90. The van der Waals surface area contributed by atoms with Crippen molar-refractivity contribution in [2.45, 2.75) is 52.0 Å². The summed E-state index contributed by atoms with van der Waals surface area (Å²) in [4.78, 5) is 50.1. The number of nitrogens with zero attached hydrogens (tertiary/aromatic N) is 2. The number of amides is 3. The molecule has 1 N–H and O–H groups in total. The summed E-state index contributed by atoms with van der Waals surface area (Å²) in [5.41, 5.74) is 1.37. The van der Waals surface area contributed by atoms with Crippen LogP contribution in [0, 0.1) is 10.1 Å². The molecule has 1 heterocycles. The number of imide groups is 1. The highest BCUT2D eigenvalue weighted by molar-refractivity contribution is 6.11. The van der Waals surface area contributed by atoms with Crippen LogP contribution in [0.4, 0.5) is 10.5 Å². The number of rotatable bonds is 7. The first-order valence-corrected chi connectivity index (χ1v) is 10.5. The Morgan fingerprint density at radius 2 is 1.69 bits per heavy atom. The van der Waals surface area contributed by atoms with E-state index in [1.807, 2.05) is 26.0 Å². The van der Waals surface area contributed by atoms with E-state index >= 15 is 0 Å². The molecular formula is C24H27N3O5. The van der Waals surface area contributed by atoms with E-state index in [9.17, 15) is 24.5 Å². The van der Waals surface area contributed by atoms with Gasteiger partial charge in [0.2, 0.25) is 0 Å². The molecule has 0 bridgehead atoms. The molecule has 1 aliphatic rings. The molecule has 1 atom stereocenters. The molecule has 8 nitrogen and oxygen atoms in total. The Kier molecular flexibility index (Phi) is 6.16. The van der Waals surface area contributed by atoms with Gasteiger partial charge in [0.1, 0.15) is 5.54 Å². The highest BCUT2D eigenvalue weighted by Gasteiger charge is 2.49. The van der Waals surface area contributed by atoms with Crippen molar-refractivity contribution in [3.63, 3.8) is 0 Å². The van der Waals surface area contributed by atoms with Crippen molar-refractivity contribution in [1.82, 2.24) is 10.2 Å². The fraction of sp³-hybridized carbons (Fsp3) is 0.375. The number of nitro groups is 1. The van der Waals surface area contributed by atoms with Gasteiger partial charge in [-0.1, -0.05) is 45.9 Å². The van der Waals surface area contributed by atoms with Crippen molar-refractivity contribution in [3.05, 3.63) is 74.8 Å². The summed E-state index contributed by atoms with van der Waals surface area (Å²) in [5.74, 6) is -0.485. The summed E-state index contributed by atoms with van der Waals surface area (Å²) in [6, 6.07) is 10.4. The molecule has 0 saturated carbocycles. The van der Waals surface area contributed by atoms with Crippen LogP contribution in [0.15, 0.2) is 42.5 Å². The van der Waals surface area contributed by atoms with Gasteiger partial charge in [0.15, 0.2) is 5.78 Å². The van der Waals surface area contributed by atoms with Crippen LogP contribution in [0.3, 0.4) is 0 Å². The number of hydrogen-bond acceptors (Lipinski definition) is 5. The molecule has 3 amide bonds. The lowest BCUT2D eigenvalue weighted by Crippen LogP contribution is -2.41. The summed E-state index contributed by atoms with van der Waals surface area (Å²) in [7, 11) is 0. The van der Waals surface area contributed by atoms with Crippen LogP contribution in [0.25, 0.3) is 0 Å². The van der Waals surface area contributed by atoms with Gasteiger partial charge in [-0.2, -0.15) is 0 Å². The second-order valence-electron chi connectivity index (χ2n) is 8.83. The smallest absolute Gasteiger partial charge is 0.319 e. The third-order valence-corrected chi connectivity index (χ3v) is 5.90. The maximum absolute atomic E-state index is 13.1. The molecule has 2 aromatic rings. The van der Waals surface area contributed by atoms with Crippen LogP contribution < -0.4 is 5.32 Å². The van der Waals surface area contributed by atoms with Gasteiger partial charge in [-0.05, 0) is 47.6 Å². The van der Waals surface area contributed by atoms with Gasteiger partial charge < -0.3 is 5.32 Å². The van der Waals surface area contributed by atoms with Gasteiger partial charge >= 0.3 is 6.03 Å². The molecular weight excluding hydrogens is 410 g/mol. The number of urea groups is 1. The molecule has 0 spiro atoms. The largest absolute Gasteiger partial charge is 0.325 e. The minimum absolute atomic E-state index is 0.0983. The molecule has 1 fully saturated rings. The first-order valence-electron chi connectivity index (χ1n) is 10.5. The Morgan fingerprint density at radius 3 is 2.22 bits per heavy atom. The molecule has 3 rings (SSSR count). The standard InChI is InChI=1S/C24H27N3O5/c1-14(2)16-6-11-19(20(12-16)15(3)4)21(28)13-26-22(29)24(5,25-23(26)30)17-7-9-18(10-8-17)27(31)32/h6-12,14-15H,13H2,1-5H3,(H,25,30). The number of carbonyl (C=O) groups is 3. The SMILES string of the molecule is CC(C)c1ccc(C(=O)CN2C(=O)NC(C)(c3ccc([N+](=O)[O-])cc3)C2=O)c(C(C)C)c1. The summed E-state index contributed by atoms with van der Waals surface area (Å²) < 4.78 is 0. The Morgan fingerprint density at radius 1 is 1.06 bits per heavy atom. The maximum Gasteiger partial charge on any atom is 0.325 e. The number of ketones is 1. The van der Waals surface area contributed by atoms with Crippen LogP contribution in [0.1, 0.15) is 73.5 Å². The minimum atomic E-state index is -1.41. The van der Waals surface area contributed by atoms with Crippen LogP contribution in [-0.2, 0) is 10.3 Å². The lowest BCUT2D eigenvalue weighted by molar-refractivity contribution is -0.384. The molecule has 32 heavy (non-hydrogen) atoms. The van der Waals surface area contributed by atoms with Gasteiger partial charge in [-0.3, -0.25) is 24.6 Å². The van der Waals surface area contributed by atoms with E-state index in [4.69, 9.17) is 0 Å². The number of benzene rings is 2. The number of hydrogen-bond donors (Lipinski definition) is 1. The number of nitro benzene ring substituents is 1. The van der Waals surface area contributed by atoms with E-state index in [0.29, 0.717) is 17.0 Å². The zero-order valence-corrected chi connectivity index (χ0v) is 18.8. The summed E-state index contributed by atoms with van der Waals surface area (Å²) in [6.07, 6.45) is 0. The Labute approximate surface area is 186 Å². The Balaban J connectivity index is 1.87. The van der Waals surface area contributed by atoms with Gasteiger partial charge in [0.05, 0.1) is 11.5 Å². The molecule has 168 valence electrons. The molecule has 8 heteroatoms. The first-order chi connectivity index (χ1) is 15.0. The number of Topliss-reactive ketones (excluding diaryl/α,β-unsaturated/α-hetero) is 1. The summed E-state index contributed by atoms with van der Waals surface area (Å²) >= 11 is 0. The predicted octanol–water partition coefficient (Wildman–Crippen LogP) is 4.49. The molecule has 1 unspecified atom stereocenters. The van der Waals surface area contributed by atoms with Crippen molar-refractivity contribution in [2.75, 3.05) is 6.54 Å². The second-order valence-corrected chi connectivity index (χ2v) is 8.83. The van der Waals surface area contributed by atoms with Crippen molar-refractivity contribution >= 4 is 23.4 Å². The zero-order valence-electron chi connectivity index (χ0n) is 18.8. The van der Waals surface area contributed by atoms with E-state index < -0.39 is 22.4 Å². The zero-order chi connectivity index (χ0) is 23.8. The quantitative estimate of drug-likeness (QED) is 0.297. The van der Waals surface area contributed by atoms with E-state index in [1.54, 1.807) is 6.07 Å². The monoisotopic (exact) mass is 437 g/mol. The normalized spacial score (nSPS) is 18.4. The number of non-ortho nitro benzene ring substituents is 1. The van der Waals surface area contributed by atoms with Crippen LogP contribution in [0.5, 0.6) is 0 Å². The Bertz CT molecular complexity index is 1090. The van der Waals surface area contributed by atoms with Crippen molar-refractivity contribution in [3.8, 4) is 0 Å². The van der Waals surface area contributed by atoms with Gasteiger partial charge in [-0.15, -0.1) is 0 Å². The molecule has 0 aromatic heterocycles. The highest BCUT2D eigenvalue weighted by Crippen LogP contribution is 2.31. The fourth-order valence-electron chi connectivity index (χ4n) is 3.85. The van der Waals surface area contributed by atoms with Crippen LogP contribution in [-0.4, -0.2) is 34.1 Å². The summed E-state index contributed by atoms with van der Waals surface area (Å²) in [5, 5.41) is 13.5. The van der Waals surface area contributed by atoms with Crippen LogP contribution in [0.2, 0.25) is 0 Å². The summed E-state index contributed by atoms with van der Waals surface area (Å²) in [6.45, 7) is 9.29. The van der Waals surface area contributed by atoms with E-state index in [1.165, 1.54) is 31.2 Å². The van der Waals surface area contributed by atoms with E-state index in [-0.39, 0.29) is 23.9 Å². The third kappa shape index (κ3) is 4.12. The average molecular weight is 437 g/mol. The second kappa shape index (κ2) is 8.53. The van der Waals surface area contributed by atoms with E-state index in [2.05, 4.69) is 19.2 Å².